The molecule has 32 heavy (non-hydrogen) atoms. The Morgan fingerprint density at radius 3 is 2.22 bits per heavy atom. The monoisotopic (exact) mass is 437 g/mol. The molecule has 6 heteroatoms. The number of ether oxygens (including phenoxy) is 1. The predicted molar refractivity (Wildman–Crippen MR) is 126 cm³/mol. The summed E-state index contributed by atoms with van der Waals surface area (Å²) < 4.78 is 5.46. The Hall–Kier alpha value is -2.60. The summed E-state index contributed by atoms with van der Waals surface area (Å²) in [5, 5.41) is 2.58. The fourth-order valence-corrected chi connectivity index (χ4v) is 4.69. The molecule has 0 aromatic heterocycles. The second-order valence-electron chi connectivity index (χ2n) is 9.98. The summed E-state index contributed by atoms with van der Waals surface area (Å²) in [5.41, 5.74) is 0.854. The van der Waals surface area contributed by atoms with Gasteiger partial charge in [0.1, 0.15) is 5.60 Å². The van der Waals surface area contributed by atoms with E-state index in [1.54, 1.807) is 4.90 Å². The van der Waals surface area contributed by atoms with Gasteiger partial charge < -0.3 is 14.5 Å². The van der Waals surface area contributed by atoms with Crippen molar-refractivity contribution >= 4 is 22.8 Å². The molecular weight excluding hydrogens is 402 g/mol. The standard InChI is InChI=1S/C26H35N3O3/c1-26(2,3)32-25(31)29-13-11-21(12-14-29)24(30)28-17-15-27(16-18-28)19-22-9-6-8-20-7-4-5-10-23(20)22/h4-10,21H,11-19H2,1-3H3. The summed E-state index contributed by atoms with van der Waals surface area (Å²) in [6.45, 7) is 11.1. The van der Waals surface area contributed by atoms with Gasteiger partial charge in [0.25, 0.3) is 0 Å². The summed E-state index contributed by atoms with van der Waals surface area (Å²) >= 11 is 0. The normalized spacial score (nSPS) is 18.7. The number of likely N-dealkylation sites (tertiary alicyclic amines) is 1. The van der Waals surface area contributed by atoms with Gasteiger partial charge in [-0.1, -0.05) is 42.5 Å². The van der Waals surface area contributed by atoms with Crippen molar-refractivity contribution in [3.8, 4) is 0 Å². The summed E-state index contributed by atoms with van der Waals surface area (Å²) in [5.74, 6) is 0.261. The van der Waals surface area contributed by atoms with Crippen molar-refractivity contribution in [1.29, 1.82) is 0 Å². The van der Waals surface area contributed by atoms with Crippen LogP contribution in [0.5, 0.6) is 0 Å². The summed E-state index contributed by atoms with van der Waals surface area (Å²) in [6.07, 6.45) is 1.16. The van der Waals surface area contributed by atoms with Gasteiger partial charge in [0.15, 0.2) is 0 Å². The molecule has 2 aromatic rings. The summed E-state index contributed by atoms with van der Waals surface area (Å²) in [4.78, 5) is 31.5. The maximum absolute atomic E-state index is 13.1. The number of hydrogen-bond donors (Lipinski definition) is 0. The third-order valence-corrected chi connectivity index (χ3v) is 6.45. The van der Waals surface area contributed by atoms with Crippen LogP contribution in [-0.2, 0) is 16.1 Å². The van der Waals surface area contributed by atoms with Crippen molar-refractivity contribution < 1.29 is 14.3 Å². The van der Waals surface area contributed by atoms with Crippen LogP contribution in [0.15, 0.2) is 42.5 Å². The van der Waals surface area contributed by atoms with Gasteiger partial charge >= 0.3 is 6.09 Å². The minimum absolute atomic E-state index is 0.0123. The number of piperidine rings is 1. The highest BCUT2D eigenvalue weighted by Crippen LogP contribution is 2.24. The SMILES string of the molecule is CC(C)(C)OC(=O)N1CCC(C(=O)N2CCN(Cc3cccc4ccccc34)CC2)CC1. The van der Waals surface area contributed by atoms with Gasteiger partial charge in [-0.25, -0.2) is 4.79 Å². The largest absolute Gasteiger partial charge is 0.444 e. The quantitative estimate of drug-likeness (QED) is 0.725. The van der Waals surface area contributed by atoms with Gasteiger partial charge in [0.2, 0.25) is 5.91 Å². The number of benzene rings is 2. The van der Waals surface area contributed by atoms with E-state index < -0.39 is 5.60 Å². The van der Waals surface area contributed by atoms with Crippen molar-refractivity contribution in [3.05, 3.63) is 48.0 Å². The number of carbonyl (C=O) groups is 2. The fraction of sp³-hybridized carbons (Fsp3) is 0.538. The van der Waals surface area contributed by atoms with Crippen LogP contribution >= 0.6 is 0 Å². The van der Waals surface area contributed by atoms with Gasteiger partial charge in [-0.3, -0.25) is 9.69 Å². The maximum Gasteiger partial charge on any atom is 0.410 e. The lowest BCUT2D eigenvalue weighted by Crippen LogP contribution is -2.51. The molecule has 0 atom stereocenters. The molecule has 0 saturated carbocycles. The Labute approximate surface area is 191 Å². The molecule has 2 saturated heterocycles. The van der Waals surface area contributed by atoms with Crippen LogP contribution in [0.2, 0.25) is 0 Å². The molecule has 0 N–H and O–H groups in total. The first-order valence-electron chi connectivity index (χ1n) is 11.8. The molecule has 2 heterocycles. The Morgan fingerprint density at radius 1 is 0.875 bits per heavy atom. The number of nitrogens with zero attached hydrogens (tertiary/aromatic N) is 3. The lowest BCUT2D eigenvalue weighted by atomic mass is 9.95. The second-order valence-corrected chi connectivity index (χ2v) is 9.98. The van der Waals surface area contributed by atoms with Gasteiger partial charge in [-0.15, -0.1) is 0 Å². The van der Waals surface area contributed by atoms with Crippen LogP contribution in [-0.4, -0.2) is 71.6 Å². The molecule has 0 aliphatic carbocycles. The molecular formula is C26H35N3O3. The smallest absolute Gasteiger partial charge is 0.410 e. The molecule has 0 bridgehead atoms. The van der Waals surface area contributed by atoms with Crippen LogP contribution in [0.1, 0.15) is 39.2 Å². The molecule has 0 unspecified atom stereocenters. The van der Waals surface area contributed by atoms with Crippen LogP contribution < -0.4 is 0 Å². The van der Waals surface area contributed by atoms with E-state index >= 15 is 0 Å². The van der Waals surface area contributed by atoms with Gasteiger partial charge in [0, 0.05) is 51.7 Å². The summed E-state index contributed by atoms with van der Waals surface area (Å²) in [7, 11) is 0. The molecule has 172 valence electrons. The van der Waals surface area contributed by atoms with E-state index in [0.717, 1.165) is 32.7 Å². The van der Waals surface area contributed by atoms with E-state index in [9.17, 15) is 9.59 Å². The Balaban J connectivity index is 1.26. The zero-order valence-corrected chi connectivity index (χ0v) is 19.5. The second kappa shape index (κ2) is 9.49. The Kier molecular flexibility index (Phi) is 6.70. The van der Waals surface area contributed by atoms with E-state index in [2.05, 4.69) is 47.4 Å². The minimum atomic E-state index is -0.491. The van der Waals surface area contributed by atoms with Gasteiger partial charge in [0.05, 0.1) is 0 Å². The number of fused-ring (bicyclic) bond motifs is 1. The van der Waals surface area contributed by atoms with Crippen LogP contribution in [0.25, 0.3) is 10.8 Å². The first-order chi connectivity index (χ1) is 15.3. The zero-order valence-electron chi connectivity index (χ0n) is 19.5. The molecule has 2 fully saturated rings. The predicted octanol–water partition coefficient (Wildman–Crippen LogP) is 4.13. The van der Waals surface area contributed by atoms with Crippen LogP contribution in [0, 0.1) is 5.92 Å². The summed E-state index contributed by atoms with van der Waals surface area (Å²) in [6, 6.07) is 15.0. The topological polar surface area (TPSA) is 53.1 Å². The van der Waals surface area contributed by atoms with Crippen LogP contribution in [0.3, 0.4) is 0 Å². The third kappa shape index (κ3) is 5.41. The molecule has 6 nitrogen and oxygen atoms in total. The van der Waals surface area contributed by atoms with Crippen molar-refractivity contribution in [3.63, 3.8) is 0 Å². The molecule has 0 spiro atoms. The highest BCUT2D eigenvalue weighted by atomic mass is 16.6. The van der Waals surface area contributed by atoms with Gasteiger partial charge in [-0.05, 0) is 49.9 Å². The molecule has 2 amide bonds. The van der Waals surface area contributed by atoms with Crippen molar-refractivity contribution in [2.24, 2.45) is 5.92 Å². The Morgan fingerprint density at radius 2 is 1.53 bits per heavy atom. The number of rotatable bonds is 3. The molecule has 2 aliphatic heterocycles. The zero-order chi connectivity index (χ0) is 22.7. The first kappa shape index (κ1) is 22.6. The highest BCUT2D eigenvalue weighted by molar-refractivity contribution is 5.85. The highest BCUT2D eigenvalue weighted by Gasteiger charge is 2.33. The van der Waals surface area contributed by atoms with E-state index in [0.29, 0.717) is 25.9 Å². The van der Waals surface area contributed by atoms with Crippen molar-refractivity contribution in [2.45, 2.75) is 45.8 Å². The molecule has 2 aliphatic rings. The maximum atomic E-state index is 13.1. The average Bonchev–Trinajstić information content (AvgIpc) is 2.78. The van der Waals surface area contributed by atoms with Crippen molar-refractivity contribution in [2.75, 3.05) is 39.3 Å². The third-order valence-electron chi connectivity index (χ3n) is 6.45. The van der Waals surface area contributed by atoms with E-state index in [1.165, 1.54) is 16.3 Å². The minimum Gasteiger partial charge on any atom is -0.444 e. The molecule has 2 aromatic carbocycles. The first-order valence-corrected chi connectivity index (χ1v) is 11.8. The van der Waals surface area contributed by atoms with E-state index in [1.807, 2.05) is 25.7 Å². The lowest BCUT2D eigenvalue weighted by molar-refractivity contribution is -0.139. The van der Waals surface area contributed by atoms with Gasteiger partial charge in [-0.2, -0.15) is 0 Å². The van der Waals surface area contributed by atoms with Crippen LogP contribution in [0.4, 0.5) is 4.79 Å². The lowest BCUT2D eigenvalue weighted by Gasteiger charge is -2.38. The average molecular weight is 438 g/mol. The van der Waals surface area contributed by atoms with Crippen molar-refractivity contribution in [1.82, 2.24) is 14.7 Å². The number of piperazine rings is 1. The Bertz CT molecular complexity index is 947. The number of amides is 2. The van der Waals surface area contributed by atoms with E-state index in [-0.39, 0.29) is 17.9 Å². The number of hydrogen-bond acceptors (Lipinski definition) is 4. The van der Waals surface area contributed by atoms with E-state index in [4.69, 9.17) is 4.74 Å². The molecule has 4 rings (SSSR count). The molecule has 0 radical (unpaired) electrons. The number of carbonyl (C=O) groups excluding carboxylic acids is 2. The fourth-order valence-electron chi connectivity index (χ4n) is 4.69.